The van der Waals surface area contributed by atoms with Crippen LogP contribution in [-0.4, -0.2) is 358 Å². The maximum atomic E-state index is 8.52. The van der Waals surface area contributed by atoms with Gasteiger partial charge in [0.1, 0.15) is 0 Å². The monoisotopic (exact) mass is 564 g/mol. The van der Waals surface area contributed by atoms with Gasteiger partial charge < -0.3 is 44.5 Å². The number of hydrogen-bond acceptors (Lipinski definition) is 8. The van der Waals surface area contributed by atoms with E-state index in [2.05, 4.69) is 0 Å². The van der Waals surface area contributed by atoms with E-state index < -0.39 is 18.3 Å². The Kier molecular flexibility index (Phi) is 699. The largest absolute Gasteiger partial charge is 0.870 e. The molecule has 0 aliphatic heterocycles. The fraction of sp³-hybridized carbons (Fsp3) is 0. The van der Waals surface area contributed by atoms with Crippen LogP contribution in [0.5, 0.6) is 0 Å². The molecule has 4 N–H and O–H groups in total. The Balaban J connectivity index is -0.00000000126. The van der Waals surface area contributed by atoms with Crippen molar-refractivity contribution < 1.29 is 44.5 Å². The van der Waals surface area contributed by atoms with Crippen molar-refractivity contribution in [2.45, 2.75) is 0 Å². The van der Waals surface area contributed by atoms with Gasteiger partial charge in [0, 0.05) is 18.3 Å². The van der Waals surface area contributed by atoms with Gasteiger partial charge in [0.25, 0.3) is 0 Å². The smallest absolute Gasteiger partial charge is 0.870 e. The summed E-state index contributed by atoms with van der Waals surface area (Å²) in [4.78, 5) is 34.1. The molecule has 0 aromatic rings. The molecule has 108 valence electrons. The zero-order valence-corrected chi connectivity index (χ0v) is 13.2. The first kappa shape index (κ1) is 133. The summed E-state index contributed by atoms with van der Waals surface area (Å²) in [6, 6.07) is 0. The minimum Gasteiger partial charge on any atom is -0.870 e. The van der Waals surface area contributed by atoms with E-state index in [1.54, 1.807) is 0 Å². The van der Waals surface area contributed by atoms with Crippen LogP contribution in [0.15, 0.2) is 0 Å². The maximum absolute atomic E-state index is 8.52. The molecule has 0 aromatic heterocycles. The molecule has 0 unspecified atom stereocenters. The first-order chi connectivity index (χ1) is 3.46. The van der Waals surface area contributed by atoms with Crippen LogP contribution in [0.25, 0.3) is 0 Å². The predicted octanol–water partition coefficient (Wildman–Crippen LogP) is -16.3. The third-order valence-corrected chi connectivity index (χ3v) is 0. The van der Waals surface area contributed by atoms with Gasteiger partial charge in [0.05, 0.1) is 0 Å². The third-order valence-electron chi connectivity index (χ3n) is 0. The Labute approximate surface area is 375 Å². The van der Waals surface area contributed by atoms with Crippen LogP contribution in [0, 0.1) is 0 Å². The second kappa shape index (κ2) is 121. The fourth-order valence-corrected chi connectivity index (χ4v) is 0. The maximum Gasteiger partial charge on any atom is -0.870 e. The molecule has 9 nitrogen and oxygen atoms in total. The molecule has 0 saturated heterocycles. The van der Waals surface area contributed by atoms with Crippen LogP contribution in [0.2, 0.25) is 0 Å². The van der Waals surface area contributed by atoms with Crippen LogP contribution in [-0.2, 0) is 8.92 Å². The SMILES string of the molecule is O.O=[Si]([O-])[O-].O=[Si]([O-])[O-].[AlH3].[AlH3].[AlH3].[CaH2].[CaH2].[CaH2].[Mg+2].[Mg+2].[Mg+2].[NaH].[NaH].[NaH].[OH-].[OH-]. The third kappa shape index (κ3) is 294. The van der Waals surface area contributed by atoms with Gasteiger partial charge in [-0.05, 0) is 0 Å². The van der Waals surface area contributed by atoms with Crippen molar-refractivity contribution in [2.24, 2.45) is 0 Å². The van der Waals surface area contributed by atoms with E-state index >= 15 is 0 Å². The van der Waals surface area contributed by atoms with Gasteiger partial charge in [-0.1, -0.05) is 0 Å². The van der Waals surface area contributed by atoms with E-state index in [-0.39, 0.29) is 340 Å². The van der Waals surface area contributed by atoms with E-state index in [9.17, 15) is 0 Å². The van der Waals surface area contributed by atoms with Crippen LogP contribution in [0.3, 0.4) is 0 Å². The molecule has 0 radical (unpaired) electrons. The van der Waals surface area contributed by atoms with Crippen molar-refractivity contribution in [1.29, 1.82) is 0 Å². The van der Waals surface area contributed by atoms with Crippen LogP contribution >= 0.6 is 0 Å². The standard InChI is InChI=1S/3Al.3Ca.3Mg.3Na.2O3Si.3H2O.18H/c;;;;;;;;;;;;2*1-4(2)3;;;;;;;;;;;;;;;;;;;;;/h;;;;;;;;;;;;;;3*1H2;;;;;;;;;;;;;;;;;;/q;;;;;;3*+2;;;;2*-2;;;;;;;;;;;;;;;;;;;;;/p-2. The van der Waals surface area contributed by atoms with Gasteiger partial charge in [-0.3, -0.25) is 0 Å². The van der Waals surface area contributed by atoms with Gasteiger partial charge >= 0.3 is 271 Å². The van der Waals surface area contributed by atoms with Crippen molar-refractivity contribution >= 4 is 341 Å². The van der Waals surface area contributed by atoms with E-state index in [1.807, 2.05) is 0 Å². The molecule has 0 fully saturated rings. The molecule has 0 aliphatic carbocycles. The summed E-state index contributed by atoms with van der Waals surface area (Å²) in [5, 5.41) is 0. The van der Waals surface area contributed by atoms with Gasteiger partial charge in [0.15, 0.2) is 52.1 Å². The molecular formula is H22Al3Ca3Mg3Na3O9Si2. The van der Waals surface area contributed by atoms with Gasteiger partial charge in [-0.15, -0.1) is 0 Å². The van der Waals surface area contributed by atoms with Crippen LogP contribution < -0.4 is 19.2 Å². The van der Waals surface area contributed by atoms with Gasteiger partial charge in [-0.2, -0.15) is 0 Å². The molecule has 0 atom stereocenters. The van der Waals surface area contributed by atoms with Crippen molar-refractivity contribution in [2.75, 3.05) is 0 Å². The summed E-state index contributed by atoms with van der Waals surface area (Å²) >= 11 is 0. The van der Waals surface area contributed by atoms with E-state index in [4.69, 9.17) is 28.1 Å². The van der Waals surface area contributed by atoms with Crippen molar-refractivity contribution in [3.8, 4) is 0 Å². The first-order valence-electron chi connectivity index (χ1n) is 1.22. The van der Waals surface area contributed by atoms with Gasteiger partial charge in [0.2, 0.25) is 0 Å². The summed E-state index contributed by atoms with van der Waals surface area (Å²) in [5.41, 5.74) is 0. The molecule has 0 saturated carbocycles. The first-order valence-corrected chi connectivity index (χ1v) is 3.67. The average Bonchev–Trinajstić information content (AvgIpc) is 1.25. The molecule has 0 aromatic carbocycles. The fourth-order valence-electron chi connectivity index (χ4n) is 0. The molecule has 0 spiro atoms. The molecule has 0 bridgehead atoms. The molecular weight excluding hydrogens is 543 g/mol. The average molecular weight is 565 g/mol. The minimum atomic E-state index is -3.63. The van der Waals surface area contributed by atoms with E-state index in [0.29, 0.717) is 0 Å². The topological polar surface area (TPSA) is 218 Å². The molecule has 23 heteroatoms. The second-order valence-electron chi connectivity index (χ2n) is 0.500. The second-order valence-corrected chi connectivity index (χ2v) is 1.50. The quantitative estimate of drug-likeness (QED) is 0.256. The summed E-state index contributed by atoms with van der Waals surface area (Å²) in [6.07, 6.45) is 0. The van der Waals surface area contributed by atoms with Gasteiger partial charge in [-0.25, -0.2) is 0 Å². The zero-order valence-electron chi connectivity index (χ0n) is 6.97. The summed E-state index contributed by atoms with van der Waals surface area (Å²) < 4.78 is 17.0. The van der Waals surface area contributed by atoms with Crippen molar-refractivity contribution in [1.82, 2.24) is 0 Å². The Morgan fingerprint density at radius 3 is 0.522 bits per heavy atom. The Bertz CT molecular complexity index is 113. The molecule has 0 rings (SSSR count). The molecule has 0 amide bonds. The molecule has 0 heterocycles. The summed E-state index contributed by atoms with van der Waals surface area (Å²) in [5.74, 6) is 0. The summed E-state index contributed by atoms with van der Waals surface area (Å²) in [6.45, 7) is 0. The Morgan fingerprint density at radius 2 is 0.522 bits per heavy atom. The Morgan fingerprint density at radius 1 is 0.522 bits per heavy atom. The number of hydrogen-bond donors (Lipinski definition) is 0. The Hall–Kier alpha value is 9.79. The summed E-state index contributed by atoms with van der Waals surface area (Å²) in [7, 11) is -7.26. The van der Waals surface area contributed by atoms with Crippen LogP contribution in [0.1, 0.15) is 0 Å². The van der Waals surface area contributed by atoms with E-state index in [1.165, 1.54) is 0 Å². The predicted molar refractivity (Wildman–Crippen MR) is 115 cm³/mol. The number of rotatable bonds is 0. The minimum absolute atomic E-state index is 0. The molecule has 0 aliphatic rings. The van der Waals surface area contributed by atoms with Crippen molar-refractivity contribution in [3.63, 3.8) is 0 Å². The normalized spacial score (nSPS) is 2.09. The van der Waals surface area contributed by atoms with Crippen LogP contribution in [0.4, 0.5) is 0 Å². The molecule has 23 heavy (non-hydrogen) atoms. The van der Waals surface area contributed by atoms with Crippen molar-refractivity contribution in [3.05, 3.63) is 0 Å². The van der Waals surface area contributed by atoms with E-state index in [0.717, 1.165) is 0 Å². The zero-order chi connectivity index (χ0) is 7.15.